The van der Waals surface area contributed by atoms with Crippen LogP contribution in [0.25, 0.3) is 0 Å². The maximum Gasteiger partial charge on any atom is 0.236 e. The minimum atomic E-state index is -0.274. The number of benzene rings is 2. The number of carbonyl (C=O) groups excluding carboxylic acids is 2. The molecule has 114 valence electrons. The molecular weight excluding hydrogens is 276 g/mol. The molecule has 0 aliphatic carbocycles. The molecule has 0 heterocycles. The Kier molecular flexibility index (Phi) is 5.31. The van der Waals surface area contributed by atoms with Crippen LogP contribution in [0.4, 0.5) is 5.69 Å². The lowest BCUT2D eigenvalue weighted by Gasteiger charge is -2.18. The van der Waals surface area contributed by atoms with Gasteiger partial charge in [0.05, 0.1) is 6.04 Å². The Hall–Kier alpha value is -2.62. The molecule has 2 aromatic carbocycles. The minimum Gasteiger partial charge on any atom is -0.349 e. The van der Waals surface area contributed by atoms with Crippen molar-refractivity contribution < 1.29 is 9.59 Å². The summed E-state index contributed by atoms with van der Waals surface area (Å²) in [6, 6.07) is 18.8. The molecule has 0 fully saturated rings. The second-order valence-electron chi connectivity index (χ2n) is 5.16. The molecule has 1 atom stereocenters. The number of hydrogen-bond donors (Lipinski definition) is 1. The highest BCUT2D eigenvalue weighted by atomic mass is 16.2. The number of anilines is 1. The van der Waals surface area contributed by atoms with E-state index in [2.05, 4.69) is 5.32 Å². The van der Waals surface area contributed by atoms with E-state index in [1.807, 2.05) is 67.6 Å². The Morgan fingerprint density at radius 3 is 2.14 bits per heavy atom. The van der Waals surface area contributed by atoms with Gasteiger partial charge in [0.1, 0.15) is 6.42 Å². The lowest BCUT2D eigenvalue weighted by Crippen LogP contribution is -2.34. The molecule has 0 bridgehead atoms. The van der Waals surface area contributed by atoms with E-state index >= 15 is 0 Å². The Labute approximate surface area is 130 Å². The van der Waals surface area contributed by atoms with Crippen LogP contribution in [0.2, 0.25) is 0 Å². The van der Waals surface area contributed by atoms with Crippen LogP contribution >= 0.6 is 0 Å². The monoisotopic (exact) mass is 296 g/mol. The van der Waals surface area contributed by atoms with E-state index in [1.54, 1.807) is 7.05 Å². The van der Waals surface area contributed by atoms with Gasteiger partial charge in [-0.2, -0.15) is 0 Å². The lowest BCUT2D eigenvalue weighted by molar-refractivity contribution is -0.128. The third-order valence-electron chi connectivity index (χ3n) is 3.51. The number of para-hydroxylation sites is 1. The fraction of sp³-hybridized carbons (Fsp3) is 0.222. The second kappa shape index (κ2) is 7.41. The highest BCUT2D eigenvalue weighted by Gasteiger charge is 2.17. The van der Waals surface area contributed by atoms with Crippen LogP contribution in [0.15, 0.2) is 60.7 Å². The van der Waals surface area contributed by atoms with E-state index in [4.69, 9.17) is 0 Å². The first-order valence-corrected chi connectivity index (χ1v) is 7.24. The summed E-state index contributed by atoms with van der Waals surface area (Å²) in [5, 5.41) is 2.85. The van der Waals surface area contributed by atoms with Crippen LogP contribution in [-0.4, -0.2) is 18.9 Å². The van der Waals surface area contributed by atoms with Crippen molar-refractivity contribution in [3.63, 3.8) is 0 Å². The number of carbonyl (C=O) groups is 2. The maximum absolute atomic E-state index is 12.1. The zero-order chi connectivity index (χ0) is 15.9. The van der Waals surface area contributed by atoms with E-state index in [9.17, 15) is 9.59 Å². The summed E-state index contributed by atoms with van der Waals surface area (Å²) in [7, 11) is 1.67. The first-order chi connectivity index (χ1) is 10.6. The van der Waals surface area contributed by atoms with E-state index in [0.717, 1.165) is 11.3 Å². The zero-order valence-electron chi connectivity index (χ0n) is 12.8. The molecule has 4 nitrogen and oxygen atoms in total. The summed E-state index contributed by atoms with van der Waals surface area (Å²) in [5.41, 5.74) is 1.79. The third-order valence-corrected chi connectivity index (χ3v) is 3.51. The van der Waals surface area contributed by atoms with Gasteiger partial charge < -0.3 is 10.2 Å². The molecule has 0 spiro atoms. The molecule has 0 saturated carbocycles. The van der Waals surface area contributed by atoms with Gasteiger partial charge in [-0.3, -0.25) is 9.59 Å². The predicted molar refractivity (Wildman–Crippen MR) is 87.5 cm³/mol. The number of nitrogens with zero attached hydrogens (tertiary/aromatic N) is 1. The highest BCUT2D eigenvalue weighted by Crippen LogP contribution is 2.13. The van der Waals surface area contributed by atoms with Crippen LogP contribution in [0, 0.1) is 0 Å². The van der Waals surface area contributed by atoms with Gasteiger partial charge in [0, 0.05) is 12.7 Å². The summed E-state index contributed by atoms with van der Waals surface area (Å²) in [5.74, 6) is -0.506. The van der Waals surface area contributed by atoms with Crippen molar-refractivity contribution >= 4 is 17.5 Å². The average molecular weight is 296 g/mol. The highest BCUT2D eigenvalue weighted by molar-refractivity contribution is 6.04. The SMILES string of the molecule is CC(NC(=O)CC(=O)N(C)c1ccccc1)c1ccccc1. The molecule has 0 aliphatic heterocycles. The van der Waals surface area contributed by atoms with Crippen molar-refractivity contribution in [2.45, 2.75) is 19.4 Å². The van der Waals surface area contributed by atoms with Crippen LogP contribution in [-0.2, 0) is 9.59 Å². The van der Waals surface area contributed by atoms with Gasteiger partial charge in [-0.05, 0) is 24.6 Å². The maximum atomic E-state index is 12.1. The van der Waals surface area contributed by atoms with E-state index in [1.165, 1.54) is 4.90 Å². The van der Waals surface area contributed by atoms with Crippen LogP contribution < -0.4 is 10.2 Å². The second-order valence-corrected chi connectivity index (χ2v) is 5.16. The van der Waals surface area contributed by atoms with Crippen LogP contribution in [0.5, 0.6) is 0 Å². The van der Waals surface area contributed by atoms with Crippen molar-refractivity contribution in [3.05, 3.63) is 66.2 Å². The summed E-state index contributed by atoms with van der Waals surface area (Å²) in [4.78, 5) is 25.6. The molecule has 0 aliphatic rings. The molecule has 1 unspecified atom stereocenters. The van der Waals surface area contributed by atoms with Crippen molar-refractivity contribution in [1.82, 2.24) is 5.32 Å². The Balaban J connectivity index is 1.90. The Bertz CT molecular complexity index is 626. The fourth-order valence-corrected chi connectivity index (χ4v) is 2.17. The largest absolute Gasteiger partial charge is 0.349 e. The fourth-order valence-electron chi connectivity index (χ4n) is 2.17. The molecule has 0 aromatic heterocycles. The number of nitrogens with one attached hydrogen (secondary N) is 1. The van der Waals surface area contributed by atoms with Gasteiger partial charge in [-0.15, -0.1) is 0 Å². The number of hydrogen-bond acceptors (Lipinski definition) is 2. The van der Waals surface area contributed by atoms with E-state index < -0.39 is 0 Å². The third kappa shape index (κ3) is 4.19. The van der Waals surface area contributed by atoms with Crippen molar-refractivity contribution in [1.29, 1.82) is 0 Å². The van der Waals surface area contributed by atoms with E-state index in [-0.39, 0.29) is 24.3 Å². The topological polar surface area (TPSA) is 49.4 Å². The first-order valence-electron chi connectivity index (χ1n) is 7.24. The molecule has 0 saturated heterocycles. The summed E-state index contributed by atoms with van der Waals surface area (Å²) in [6.07, 6.45) is -0.164. The van der Waals surface area contributed by atoms with Crippen molar-refractivity contribution in [2.75, 3.05) is 11.9 Å². The van der Waals surface area contributed by atoms with Gasteiger partial charge in [-0.25, -0.2) is 0 Å². The zero-order valence-corrected chi connectivity index (χ0v) is 12.8. The standard InChI is InChI=1S/C18H20N2O2/c1-14(15-9-5-3-6-10-15)19-17(21)13-18(22)20(2)16-11-7-4-8-12-16/h3-12,14H,13H2,1-2H3,(H,19,21). The van der Waals surface area contributed by atoms with Gasteiger partial charge >= 0.3 is 0 Å². The minimum absolute atomic E-state index is 0.122. The summed E-state index contributed by atoms with van der Waals surface area (Å²) < 4.78 is 0. The molecule has 2 amide bonds. The van der Waals surface area contributed by atoms with Crippen LogP contribution in [0.1, 0.15) is 24.9 Å². The predicted octanol–water partition coefficient (Wildman–Crippen LogP) is 2.92. The van der Waals surface area contributed by atoms with Crippen molar-refractivity contribution in [3.8, 4) is 0 Å². The summed E-state index contributed by atoms with van der Waals surface area (Å²) >= 11 is 0. The van der Waals surface area contributed by atoms with Gasteiger partial charge in [0.25, 0.3) is 0 Å². The molecule has 2 rings (SSSR count). The molecule has 0 radical (unpaired) electrons. The summed E-state index contributed by atoms with van der Waals surface area (Å²) in [6.45, 7) is 1.90. The van der Waals surface area contributed by atoms with Gasteiger partial charge in [0.2, 0.25) is 11.8 Å². The molecule has 4 heteroatoms. The molecule has 22 heavy (non-hydrogen) atoms. The number of rotatable bonds is 5. The quantitative estimate of drug-likeness (QED) is 0.862. The lowest BCUT2D eigenvalue weighted by atomic mass is 10.1. The molecule has 1 N–H and O–H groups in total. The molecular formula is C18H20N2O2. The van der Waals surface area contributed by atoms with Crippen molar-refractivity contribution in [2.24, 2.45) is 0 Å². The Morgan fingerprint density at radius 2 is 1.55 bits per heavy atom. The first kappa shape index (κ1) is 15.8. The number of amides is 2. The smallest absolute Gasteiger partial charge is 0.236 e. The average Bonchev–Trinajstić information content (AvgIpc) is 2.55. The molecule has 2 aromatic rings. The Morgan fingerprint density at radius 1 is 1.00 bits per heavy atom. The van der Waals surface area contributed by atoms with Gasteiger partial charge in [0.15, 0.2) is 0 Å². The van der Waals surface area contributed by atoms with Crippen LogP contribution in [0.3, 0.4) is 0 Å². The van der Waals surface area contributed by atoms with Gasteiger partial charge in [-0.1, -0.05) is 48.5 Å². The normalized spacial score (nSPS) is 11.5. The van der Waals surface area contributed by atoms with E-state index in [0.29, 0.717) is 0 Å².